The maximum Gasteiger partial charge on any atom is 0.255 e. The zero-order valence-electron chi connectivity index (χ0n) is 9.61. The summed E-state index contributed by atoms with van der Waals surface area (Å²) in [5.74, 6) is 5.54. The number of pyridine rings is 1. The first-order chi connectivity index (χ1) is 8.13. The van der Waals surface area contributed by atoms with Crippen molar-refractivity contribution in [2.45, 2.75) is 25.3 Å². The SMILES string of the molecule is CN(C(=O)c1cnc(NN)c(Cl)c1)C1CCC1. The van der Waals surface area contributed by atoms with Crippen LogP contribution < -0.4 is 11.3 Å². The Kier molecular flexibility index (Phi) is 3.49. The van der Waals surface area contributed by atoms with Gasteiger partial charge < -0.3 is 10.3 Å². The molecule has 0 aromatic carbocycles. The van der Waals surface area contributed by atoms with E-state index in [1.165, 1.54) is 12.6 Å². The number of halogens is 1. The van der Waals surface area contributed by atoms with Gasteiger partial charge in [0.05, 0.1) is 10.6 Å². The number of nitrogen functional groups attached to an aromatic ring is 1. The van der Waals surface area contributed by atoms with Crippen molar-refractivity contribution in [3.63, 3.8) is 0 Å². The van der Waals surface area contributed by atoms with Gasteiger partial charge in [-0.05, 0) is 25.3 Å². The molecule has 5 nitrogen and oxygen atoms in total. The molecule has 92 valence electrons. The molecule has 0 spiro atoms. The van der Waals surface area contributed by atoms with Crippen molar-refractivity contribution in [1.29, 1.82) is 0 Å². The lowest BCUT2D eigenvalue weighted by molar-refractivity contribution is 0.0651. The highest BCUT2D eigenvalue weighted by Crippen LogP contribution is 2.26. The quantitative estimate of drug-likeness (QED) is 0.636. The molecule has 1 aliphatic rings. The molecule has 1 aliphatic carbocycles. The van der Waals surface area contributed by atoms with Gasteiger partial charge in [0.25, 0.3) is 5.91 Å². The van der Waals surface area contributed by atoms with Crippen molar-refractivity contribution in [3.05, 3.63) is 22.8 Å². The summed E-state index contributed by atoms with van der Waals surface area (Å²) < 4.78 is 0. The summed E-state index contributed by atoms with van der Waals surface area (Å²) in [6.07, 6.45) is 4.83. The predicted octanol–water partition coefficient (Wildman–Crippen LogP) is 1.65. The predicted molar refractivity (Wildman–Crippen MR) is 66.8 cm³/mol. The fourth-order valence-electron chi connectivity index (χ4n) is 1.80. The number of nitrogens with one attached hydrogen (secondary N) is 1. The van der Waals surface area contributed by atoms with E-state index in [1.54, 1.807) is 11.0 Å². The number of nitrogens with zero attached hydrogens (tertiary/aromatic N) is 2. The van der Waals surface area contributed by atoms with Crippen LogP contribution in [-0.2, 0) is 0 Å². The Bertz CT molecular complexity index is 433. The van der Waals surface area contributed by atoms with Crippen LogP contribution in [0.3, 0.4) is 0 Å². The van der Waals surface area contributed by atoms with Gasteiger partial charge in [0, 0.05) is 19.3 Å². The molecule has 6 heteroatoms. The Hall–Kier alpha value is -1.33. The number of carbonyl (C=O) groups is 1. The Morgan fingerprint density at radius 2 is 2.35 bits per heavy atom. The van der Waals surface area contributed by atoms with Gasteiger partial charge in [-0.1, -0.05) is 11.6 Å². The molecule has 0 aliphatic heterocycles. The van der Waals surface area contributed by atoms with E-state index in [0.29, 0.717) is 22.4 Å². The average Bonchev–Trinajstić information content (AvgIpc) is 2.25. The number of rotatable bonds is 3. The molecule has 0 radical (unpaired) electrons. The van der Waals surface area contributed by atoms with Gasteiger partial charge in [-0.3, -0.25) is 4.79 Å². The third kappa shape index (κ3) is 2.35. The van der Waals surface area contributed by atoms with E-state index in [4.69, 9.17) is 17.4 Å². The molecule has 1 fully saturated rings. The van der Waals surface area contributed by atoms with E-state index in [0.717, 1.165) is 12.8 Å². The van der Waals surface area contributed by atoms with E-state index in [1.807, 2.05) is 7.05 Å². The van der Waals surface area contributed by atoms with Crippen molar-refractivity contribution in [3.8, 4) is 0 Å². The maximum absolute atomic E-state index is 12.1. The van der Waals surface area contributed by atoms with Crippen LogP contribution in [0, 0.1) is 0 Å². The lowest BCUT2D eigenvalue weighted by atomic mass is 9.91. The van der Waals surface area contributed by atoms with Crippen LogP contribution in [0.25, 0.3) is 0 Å². The van der Waals surface area contributed by atoms with Crippen molar-refractivity contribution < 1.29 is 4.79 Å². The molecule has 2 rings (SSSR count). The van der Waals surface area contributed by atoms with E-state index in [2.05, 4.69) is 10.4 Å². The van der Waals surface area contributed by atoms with Gasteiger partial charge in [0.2, 0.25) is 0 Å². The van der Waals surface area contributed by atoms with Gasteiger partial charge >= 0.3 is 0 Å². The highest BCUT2D eigenvalue weighted by Gasteiger charge is 2.26. The summed E-state index contributed by atoms with van der Waals surface area (Å²) >= 11 is 5.93. The number of amides is 1. The zero-order valence-corrected chi connectivity index (χ0v) is 10.4. The first-order valence-corrected chi connectivity index (χ1v) is 5.90. The fraction of sp³-hybridized carbons (Fsp3) is 0.455. The highest BCUT2D eigenvalue weighted by atomic mass is 35.5. The van der Waals surface area contributed by atoms with E-state index >= 15 is 0 Å². The standard InChI is InChI=1S/C11H15ClN4O/c1-16(8-3-2-4-8)11(17)7-5-9(12)10(15-13)14-6-7/h5-6,8H,2-4,13H2,1H3,(H,14,15). The lowest BCUT2D eigenvalue weighted by Gasteiger charge is -2.34. The fourth-order valence-corrected chi connectivity index (χ4v) is 2.03. The van der Waals surface area contributed by atoms with Crippen molar-refractivity contribution in [2.75, 3.05) is 12.5 Å². The Morgan fingerprint density at radius 1 is 1.65 bits per heavy atom. The lowest BCUT2D eigenvalue weighted by Crippen LogP contribution is -2.41. The third-order valence-electron chi connectivity index (χ3n) is 3.17. The van der Waals surface area contributed by atoms with Gasteiger partial charge in [-0.15, -0.1) is 0 Å². The Balaban J connectivity index is 2.15. The summed E-state index contributed by atoms with van der Waals surface area (Å²) in [6, 6.07) is 1.94. The van der Waals surface area contributed by atoms with Crippen LogP contribution in [0.15, 0.2) is 12.3 Å². The van der Waals surface area contributed by atoms with Gasteiger partial charge in [0.1, 0.15) is 0 Å². The van der Waals surface area contributed by atoms with Gasteiger partial charge in [0.15, 0.2) is 5.82 Å². The highest BCUT2D eigenvalue weighted by molar-refractivity contribution is 6.33. The molecule has 0 bridgehead atoms. The molecule has 1 heterocycles. The molecular formula is C11H15ClN4O. The van der Waals surface area contributed by atoms with Crippen LogP contribution >= 0.6 is 11.6 Å². The topological polar surface area (TPSA) is 71.2 Å². The molecule has 1 amide bonds. The molecule has 0 unspecified atom stereocenters. The number of hydrogen-bond acceptors (Lipinski definition) is 4. The minimum absolute atomic E-state index is 0.0485. The smallest absolute Gasteiger partial charge is 0.255 e. The molecule has 17 heavy (non-hydrogen) atoms. The summed E-state index contributed by atoms with van der Waals surface area (Å²) in [6.45, 7) is 0. The molecule has 0 saturated heterocycles. The largest absolute Gasteiger partial charge is 0.339 e. The van der Waals surface area contributed by atoms with Crippen molar-refractivity contribution in [1.82, 2.24) is 9.88 Å². The van der Waals surface area contributed by atoms with Crippen LogP contribution in [0.4, 0.5) is 5.82 Å². The number of aromatic nitrogens is 1. The maximum atomic E-state index is 12.1. The van der Waals surface area contributed by atoms with Crippen LogP contribution in [-0.4, -0.2) is 28.9 Å². The minimum atomic E-state index is -0.0485. The summed E-state index contributed by atoms with van der Waals surface area (Å²) in [5, 5.41) is 0.348. The molecule has 1 saturated carbocycles. The van der Waals surface area contributed by atoms with Gasteiger partial charge in [-0.2, -0.15) is 0 Å². The van der Waals surface area contributed by atoms with E-state index < -0.39 is 0 Å². The molecule has 0 atom stereocenters. The third-order valence-corrected chi connectivity index (χ3v) is 3.46. The normalized spacial score (nSPS) is 15.2. The molecular weight excluding hydrogens is 240 g/mol. The number of hydrazine groups is 1. The first-order valence-electron chi connectivity index (χ1n) is 5.53. The van der Waals surface area contributed by atoms with Crippen LogP contribution in [0.2, 0.25) is 5.02 Å². The number of anilines is 1. The van der Waals surface area contributed by atoms with Crippen molar-refractivity contribution >= 4 is 23.3 Å². The number of nitrogens with two attached hydrogens (primary N) is 1. The van der Waals surface area contributed by atoms with Crippen LogP contribution in [0.1, 0.15) is 29.6 Å². The molecule has 1 aromatic heterocycles. The molecule has 3 N–H and O–H groups in total. The number of hydrogen-bond donors (Lipinski definition) is 2. The Morgan fingerprint density at radius 3 is 2.82 bits per heavy atom. The molecule has 1 aromatic rings. The number of carbonyl (C=O) groups excluding carboxylic acids is 1. The Labute approximate surface area is 105 Å². The van der Waals surface area contributed by atoms with Crippen LogP contribution in [0.5, 0.6) is 0 Å². The second kappa shape index (κ2) is 4.89. The minimum Gasteiger partial charge on any atom is -0.339 e. The second-order valence-electron chi connectivity index (χ2n) is 4.20. The average molecular weight is 255 g/mol. The summed E-state index contributed by atoms with van der Waals surface area (Å²) in [7, 11) is 1.81. The summed E-state index contributed by atoms with van der Waals surface area (Å²) in [5.41, 5.74) is 2.86. The van der Waals surface area contributed by atoms with E-state index in [9.17, 15) is 4.79 Å². The summed E-state index contributed by atoms with van der Waals surface area (Å²) in [4.78, 5) is 17.9. The monoisotopic (exact) mass is 254 g/mol. The van der Waals surface area contributed by atoms with Gasteiger partial charge in [-0.25, -0.2) is 10.8 Å². The zero-order chi connectivity index (χ0) is 12.4. The van der Waals surface area contributed by atoms with E-state index in [-0.39, 0.29) is 5.91 Å². The second-order valence-corrected chi connectivity index (χ2v) is 4.61. The van der Waals surface area contributed by atoms with Crippen molar-refractivity contribution in [2.24, 2.45) is 5.84 Å². The first kappa shape index (κ1) is 12.1.